The van der Waals surface area contributed by atoms with Crippen LogP contribution in [0, 0.1) is 0 Å². The fourth-order valence-corrected chi connectivity index (χ4v) is 1.81. The molecule has 0 aliphatic carbocycles. The fourth-order valence-electron chi connectivity index (χ4n) is 1.49. The van der Waals surface area contributed by atoms with Crippen LogP contribution in [0.2, 0.25) is 0 Å². The monoisotopic (exact) mass is 574 g/mol. The molecule has 0 aliphatic heterocycles. The first-order valence-electron chi connectivity index (χ1n) is 8.59. The zero-order valence-corrected chi connectivity index (χ0v) is 21.1. The van der Waals surface area contributed by atoms with Crippen molar-refractivity contribution >= 4 is 25.9 Å². The van der Waals surface area contributed by atoms with Crippen LogP contribution in [-0.2, 0) is 10.3 Å². The summed E-state index contributed by atoms with van der Waals surface area (Å²) in [6.07, 6.45) is 2.60. The first-order chi connectivity index (χ1) is 12.8. The molecule has 208 valence electrons. The Morgan fingerprint density at radius 1 is 0.625 bits per heavy atom. The van der Waals surface area contributed by atoms with Gasteiger partial charge in [0.15, 0.2) is 0 Å². The van der Waals surface area contributed by atoms with Gasteiger partial charge in [0.25, 0.3) is 0 Å². The van der Waals surface area contributed by atoms with Gasteiger partial charge >= 0.3 is 76.3 Å². The second kappa shape index (κ2) is 9.84. The topological polar surface area (TPSA) is 54.4 Å². The third-order valence-corrected chi connectivity index (χ3v) is 4.55. The number of nitrogens with zero attached hydrogens (tertiary/aromatic N) is 2. The minimum absolute atomic E-state index is 0.360. The van der Waals surface area contributed by atoms with Crippen molar-refractivity contribution in [2.24, 2.45) is 0 Å². The van der Waals surface area contributed by atoms with Gasteiger partial charge in [0.05, 0.1) is 47.8 Å². The molecule has 0 radical (unpaired) electrons. The van der Waals surface area contributed by atoms with Gasteiger partial charge < -0.3 is 4.48 Å². The van der Waals surface area contributed by atoms with Gasteiger partial charge in [-0.05, 0) is 19.8 Å². The summed E-state index contributed by atoms with van der Waals surface area (Å²) in [5, 5.41) is 0. The van der Waals surface area contributed by atoms with Crippen LogP contribution in [0.4, 0.5) is 50.4 Å². The normalized spacial score (nSPS) is 17.4. The molecule has 20 heteroatoms. The summed E-state index contributed by atoms with van der Waals surface area (Å²) in [4.78, 5) is 0. The van der Waals surface area contributed by atoms with E-state index in [4.69, 9.17) is 4.55 Å². The Labute approximate surface area is 179 Å². The zero-order chi connectivity index (χ0) is 27.9. The van der Waals surface area contributed by atoms with Crippen molar-refractivity contribution in [1.82, 2.24) is 0 Å². The second-order valence-corrected chi connectivity index (χ2v) is 13.4. The van der Waals surface area contributed by atoms with Crippen molar-refractivity contribution in [2.45, 2.75) is 33.6 Å². The number of hydrogen-bond acceptors (Lipinski definition) is 2. The fraction of sp³-hybridized carbons (Fsp3) is 1.00. The van der Waals surface area contributed by atoms with Crippen molar-refractivity contribution in [1.29, 1.82) is 0 Å². The minimum atomic E-state index is -10.7. The first-order valence-corrected chi connectivity index (χ1v) is 14.0. The van der Waals surface area contributed by atoms with Crippen molar-refractivity contribution in [3.05, 3.63) is 0 Å². The predicted molar refractivity (Wildman–Crippen MR) is 104 cm³/mol. The Balaban J connectivity index is -0.000000165. The van der Waals surface area contributed by atoms with E-state index in [1.807, 2.05) is 0 Å². The molecule has 5 nitrogen and oxygen atoms in total. The van der Waals surface area contributed by atoms with Crippen LogP contribution in [0.1, 0.15) is 33.6 Å². The number of hydrogen-bond donors (Lipinski definition) is 1. The van der Waals surface area contributed by atoms with Gasteiger partial charge in [-0.1, -0.05) is 13.8 Å². The molecule has 0 unspecified atom stereocenters. The molecule has 1 N–H and O–H groups in total. The molecule has 0 bridgehead atoms. The molecule has 0 saturated heterocycles. The van der Waals surface area contributed by atoms with Gasteiger partial charge in [-0.3, -0.25) is 0 Å². The first kappa shape index (κ1) is 39.1. The van der Waals surface area contributed by atoms with Gasteiger partial charge in [-0.2, -0.15) is 3.89 Å². The van der Waals surface area contributed by atoms with Crippen molar-refractivity contribution in [3.63, 3.8) is 0 Å². The number of rotatable bonds is 6. The molecule has 0 aromatic carbocycles. The molecule has 0 spiro atoms. The molecule has 0 aromatic heterocycles. The van der Waals surface area contributed by atoms with Gasteiger partial charge in [-0.15, -0.1) is 8.42 Å². The zero-order valence-electron chi connectivity index (χ0n) is 18.5. The maximum atomic E-state index is 10.4. The van der Waals surface area contributed by atoms with E-state index >= 15 is 0 Å². The van der Waals surface area contributed by atoms with Gasteiger partial charge in [-0.25, -0.2) is 4.55 Å². The van der Waals surface area contributed by atoms with Gasteiger partial charge in [0.1, 0.15) is 0 Å². The summed E-state index contributed by atoms with van der Waals surface area (Å²) in [6.45, 7) is 9.17. The summed E-state index contributed by atoms with van der Waals surface area (Å²) in [5.74, 6) is 0. The molecular formula is C12H32F12N2O3P2S. The maximum absolute atomic E-state index is 10.7. The summed E-state index contributed by atoms with van der Waals surface area (Å²) in [6, 6.07) is 0. The summed E-state index contributed by atoms with van der Waals surface area (Å²) in [5.41, 5.74) is 0. The van der Waals surface area contributed by atoms with Crippen LogP contribution >= 0.6 is 15.6 Å². The quantitative estimate of drug-likeness (QED) is 0.150. The standard InChI is InChI=1S/C8H20N.C4H11NO3S.2F6P/c1-5-7-9(3,4)8-6-2;1-4-5(2,3)9(6,7)8;2*1-7(2,3,4,5)6/h5-8H2,1-4H3;4H2,1-3H3;;/q+1;;2*-1/p+1. The molecule has 0 saturated carbocycles. The number of halogens is 12. The second-order valence-electron chi connectivity index (χ2n) is 7.64. The van der Waals surface area contributed by atoms with Crippen molar-refractivity contribution in [3.8, 4) is 0 Å². The van der Waals surface area contributed by atoms with E-state index in [9.17, 15) is 58.8 Å². The van der Waals surface area contributed by atoms with Crippen LogP contribution in [0.5, 0.6) is 0 Å². The molecule has 0 rings (SSSR count). The molecule has 32 heavy (non-hydrogen) atoms. The predicted octanol–water partition coefficient (Wildman–Crippen LogP) is 8.53. The molecule has 0 amide bonds. The average molecular weight is 574 g/mol. The molecule has 0 atom stereocenters. The molecule has 0 aliphatic rings. The summed E-state index contributed by atoms with van der Waals surface area (Å²) < 4.78 is 149. The molecule has 0 fully saturated rings. The van der Waals surface area contributed by atoms with Crippen LogP contribution in [0.25, 0.3) is 0 Å². The molecule has 0 aromatic rings. The Morgan fingerprint density at radius 2 is 0.812 bits per heavy atom. The van der Waals surface area contributed by atoms with Gasteiger partial charge in [0.2, 0.25) is 0 Å². The van der Waals surface area contributed by atoms with E-state index in [2.05, 4.69) is 27.9 Å². The Bertz CT molecular complexity index is 614. The van der Waals surface area contributed by atoms with E-state index in [-0.39, 0.29) is 3.89 Å². The van der Waals surface area contributed by atoms with Crippen molar-refractivity contribution < 1.29 is 71.7 Å². The third kappa shape index (κ3) is 63.1. The molecule has 0 heterocycles. The van der Waals surface area contributed by atoms with Crippen LogP contribution in [0.15, 0.2) is 0 Å². The number of quaternary nitrogens is 2. The van der Waals surface area contributed by atoms with E-state index in [1.54, 1.807) is 6.92 Å². The Morgan fingerprint density at radius 3 is 0.875 bits per heavy atom. The van der Waals surface area contributed by atoms with Crippen molar-refractivity contribution in [2.75, 3.05) is 47.8 Å². The SMILES string of the molecule is CCC[N+](C)(C)CCC.CC[N+](C)(C)S(=O)(=O)O.F[P-](F)(F)(F)(F)F.F[P-](F)(F)(F)(F)F. The Kier molecular flexibility index (Phi) is 12.0. The summed E-state index contributed by atoms with van der Waals surface area (Å²) >= 11 is 0. The molecular weight excluding hydrogens is 542 g/mol. The average Bonchev–Trinajstić information content (AvgIpc) is 2.29. The van der Waals surface area contributed by atoms with E-state index in [0.717, 1.165) is 0 Å². The van der Waals surface area contributed by atoms with E-state index < -0.39 is 25.9 Å². The van der Waals surface area contributed by atoms with Crippen LogP contribution in [-0.4, -0.2) is 69.2 Å². The third-order valence-electron chi connectivity index (χ3n) is 3.04. The summed E-state index contributed by atoms with van der Waals surface area (Å²) in [7, 11) is -17.8. The Hall–Kier alpha value is -0.150. The van der Waals surface area contributed by atoms with E-state index in [0.29, 0.717) is 6.54 Å². The van der Waals surface area contributed by atoms with E-state index in [1.165, 1.54) is 44.5 Å². The van der Waals surface area contributed by atoms with Gasteiger partial charge in [0, 0.05) is 0 Å². The van der Waals surface area contributed by atoms with Crippen LogP contribution < -0.4 is 0 Å². The van der Waals surface area contributed by atoms with Crippen LogP contribution in [0.3, 0.4) is 0 Å².